The standard InChI is InChI=1S/C13H9BrCl3NO/c14-8-4-10(16)12(11(17)5-8)18-6-7-2-1-3-9(15)13(7)19/h1-5,18-19H,6H2. The first-order valence-electron chi connectivity index (χ1n) is 5.34. The number of halogens is 4. The largest absolute Gasteiger partial charge is 0.506 e. The van der Waals surface area contributed by atoms with Gasteiger partial charge in [0.15, 0.2) is 0 Å². The second kappa shape index (κ2) is 6.23. The highest BCUT2D eigenvalue weighted by molar-refractivity contribution is 9.10. The van der Waals surface area contributed by atoms with Crippen LogP contribution < -0.4 is 5.32 Å². The van der Waals surface area contributed by atoms with Gasteiger partial charge in [-0.05, 0) is 18.2 Å². The van der Waals surface area contributed by atoms with Crippen LogP contribution in [-0.4, -0.2) is 5.11 Å². The van der Waals surface area contributed by atoms with Crippen LogP contribution >= 0.6 is 50.7 Å². The van der Waals surface area contributed by atoms with Crippen LogP contribution in [0.2, 0.25) is 15.1 Å². The van der Waals surface area contributed by atoms with Crippen LogP contribution in [0.15, 0.2) is 34.8 Å². The van der Waals surface area contributed by atoms with Crippen LogP contribution in [0.4, 0.5) is 5.69 Å². The summed E-state index contributed by atoms with van der Waals surface area (Å²) in [6, 6.07) is 8.65. The maximum Gasteiger partial charge on any atom is 0.139 e. The number of rotatable bonds is 3. The molecule has 6 heteroatoms. The van der Waals surface area contributed by atoms with E-state index < -0.39 is 0 Å². The Hall–Kier alpha value is -0.610. The molecule has 0 aromatic heterocycles. The molecule has 2 aromatic carbocycles. The van der Waals surface area contributed by atoms with Crippen molar-refractivity contribution < 1.29 is 5.11 Å². The Morgan fingerprint density at radius 3 is 2.32 bits per heavy atom. The van der Waals surface area contributed by atoms with Gasteiger partial charge in [-0.2, -0.15) is 0 Å². The Morgan fingerprint density at radius 1 is 1.05 bits per heavy atom. The number of phenols is 1. The van der Waals surface area contributed by atoms with Gasteiger partial charge in [-0.15, -0.1) is 0 Å². The average molecular weight is 381 g/mol. The lowest BCUT2D eigenvalue weighted by molar-refractivity contribution is 0.469. The molecule has 2 N–H and O–H groups in total. The molecule has 2 aromatic rings. The van der Waals surface area contributed by atoms with Crippen molar-refractivity contribution in [3.8, 4) is 5.75 Å². The lowest BCUT2D eigenvalue weighted by atomic mass is 10.2. The minimum absolute atomic E-state index is 0.0565. The van der Waals surface area contributed by atoms with Crippen LogP contribution in [0.25, 0.3) is 0 Å². The third kappa shape index (κ3) is 3.48. The highest BCUT2D eigenvalue weighted by Crippen LogP contribution is 2.35. The Labute approximate surface area is 134 Å². The average Bonchev–Trinajstić information content (AvgIpc) is 2.33. The summed E-state index contributed by atoms with van der Waals surface area (Å²) in [7, 11) is 0. The smallest absolute Gasteiger partial charge is 0.139 e. The summed E-state index contributed by atoms with van der Waals surface area (Å²) in [5, 5.41) is 14.2. The minimum atomic E-state index is 0.0565. The van der Waals surface area contributed by atoms with Crippen LogP contribution in [0.1, 0.15) is 5.56 Å². The van der Waals surface area contributed by atoms with Crippen molar-refractivity contribution in [2.45, 2.75) is 6.54 Å². The predicted octanol–water partition coefficient (Wildman–Crippen LogP) is 5.73. The van der Waals surface area contributed by atoms with Crippen molar-refractivity contribution in [2.75, 3.05) is 5.32 Å². The molecule has 0 aliphatic carbocycles. The van der Waals surface area contributed by atoms with Gasteiger partial charge in [0, 0.05) is 16.6 Å². The van der Waals surface area contributed by atoms with E-state index in [0.29, 0.717) is 32.9 Å². The van der Waals surface area contributed by atoms with Gasteiger partial charge >= 0.3 is 0 Å². The van der Waals surface area contributed by atoms with Gasteiger partial charge in [-0.1, -0.05) is 62.9 Å². The second-order valence-electron chi connectivity index (χ2n) is 3.85. The number of para-hydroxylation sites is 1. The molecule has 0 atom stereocenters. The van der Waals surface area contributed by atoms with Crippen molar-refractivity contribution in [3.63, 3.8) is 0 Å². The van der Waals surface area contributed by atoms with Gasteiger partial charge in [-0.25, -0.2) is 0 Å². The van der Waals surface area contributed by atoms with E-state index in [0.717, 1.165) is 4.47 Å². The van der Waals surface area contributed by atoms with Crippen molar-refractivity contribution in [1.29, 1.82) is 0 Å². The molecular weight excluding hydrogens is 372 g/mol. The van der Waals surface area contributed by atoms with E-state index in [4.69, 9.17) is 34.8 Å². The quantitative estimate of drug-likeness (QED) is 0.712. The molecule has 0 saturated heterocycles. The number of anilines is 1. The number of phenolic OH excluding ortho intramolecular Hbond substituents is 1. The maximum absolute atomic E-state index is 9.81. The lowest BCUT2D eigenvalue weighted by Crippen LogP contribution is -2.01. The molecule has 2 nitrogen and oxygen atoms in total. The fraction of sp³-hybridized carbons (Fsp3) is 0.0769. The Bertz CT molecular complexity index is 596. The molecule has 0 aliphatic heterocycles. The lowest BCUT2D eigenvalue weighted by Gasteiger charge is -2.12. The van der Waals surface area contributed by atoms with Crippen LogP contribution in [0, 0.1) is 0 Å². The molecule has 2 rings (SSSR count). The highest BCUT2D eigenvalue weighted by Gasteiger charge is 2.09. The van der Waals surface area contributed by atoms with Gasteiger partial charge in [0.1, 0.15) is 5.75 Å². The van der Waals surface area contributed by atoms with Crippen molar-refractivity contribution in [3.05, 3.63) is 55.4 Å². The Kier molecular flexibility index (Phi) is 4.85. The topological polar surface area (TPSA) is 32.3 Å². The summed E-state index contributed by atoms with van der Waals surface area (Å²) >= 11 is 21.4. The molecular formula is C13H9BrCl3NO. The minimum Gasteiger partial charge on any atom is -0.506 e. The molecule has 0 radical (unpaired) electrons. The first kappa shape index (κ1) is 14.8. The van der Waals surface area contributed by atoms with Gasteiger partial charge in [0.05, 0.1) is 20.8 Å². The van der Waals surface area contributed by atoms with Crippen molar-refractivity contribution in [1.82, 2.24) is 0 Å². The highest BCUT2D eigenvalue weighted by atomic mass is 79.9. The zero-order valence-electron chi connectivity index (χ0n) is 9.55. The zero-order chi connectivity index (χ0) is 14.0. The van der Waals surface area contributed by atoms with Gasteiger partial charge in [0.2, 0.25) is 0 Å². The zero-order valence-corrected chi connectivity index (χ0v) is 13.4. The van der Waals surface area contributed by atoms with E-state index in [9.17, 15) is 5.11 Å². The first-order chi connectivity index (χ1) is 8.99. The molecule has 0 unspecified atom stereocenters. The molecule has 0 fully saturated rings. The maximum atomic E-state index is 9.81. The number of aromatic hydroxyl groups is 1. The summed E-state index contributed by atoms with van der Waals surface area (Å²) in [6.07, 6.45) is 0. The number of nitrogens with one attached hydrogen (secondary N) is 1. The third-order valence-electron chi connectivity index (χ3n) is 2.53. The molecule has 100 valence electrons. The van der Waals surface area contributed by atoms with Crippen LogP contribution in [0.3, 0.4) is 0 Å². The van der Waals surface area contributed by atoms with Crippen molar-refractivity contribution >= 4 is 56.4 Å². The molecule has 19 heavy (non-hydrogen) atoms. The van der Waals surface area contributed by atoms with E-state index >= 15 is 0 Å². The SMILES string of the molecule is Oc1c(Cl)cccc1CNc1c(Cl)cc(Br)cc1Cl. The molecule has 0 bridgehead atoms. The predicted molar refractivity (Wildman–Crippen MR) is 84.6 cm³/mol. The molecule has 0 spiro atoms. The van der Waals surface area contributed by atoms with Crippen LogP contribution in [-0.2, 0) is 6.54 Å². The Balaban J connectivity index is 2.22. The molecule has 0 heterocycles. The van der Waals surface area contributed by atoms with E-state index in [1.807, 2.05) is 0 Å². The number of hydrogen-bond donors (Lipinski definition) is 2. The second-order valence-corrected chi connectivity index (χ2v) is 5.98. The monoisotopic (exact) mass is 379 g/mol. The normalized spacial score (nSPS) is 10.5. The number of hydrogen-bond acceptors (Lipinski definition) is 2. The van der Waals surface area contributed by atoms with E-state index in [1.165, 1.54) is 0 Å². The molecule has 0 saturated carbocycles. The summed E-state index contributed by atoms with van der Waals surface area (Å²) in [6.45, 7) is 0.369. The summed E-state index contributed by atoms with van der Waals surface area (Å²) in [5.74, 6) is 0.0565. The van der Waals surface area contributed by atoms with E-state index in [-0.39, 0.29) is 5.75 Å². The summed E-state index contributed by atoms with van der Waals surface area (Å²) < 4.78 is 0.804. The fourth-order valence-corrected chi connectivity index (χ4v) is 3.13. The molecule has 0 aliphatic rings. The number of benzene rings is 2. The van der Waals surface area contributed by atoms with Crippen LogP contribution in [0.5, 0.6) is 5.75 Å². The molecule has 0 amide bonds. The van der Waals surface area contributed by atoms with E-state index in [1.54, 1.807) is 30.3 Å². The van der Waals surface area contributed by atoms with Crippen molar-refractivity contribution in [2.24, 2.45) is 0 Å². The van der Waals surface area contributed by atoms with Gasteiger partial charge in [0.25, 0.3) is 0 Å². The summed E-state index contributed by atoms with van der Waals surface area (Å²) in [4.78, 5) is 0. The van der Waals surface area contributed by atoms with Gasteiger partial charge in [-0.3, -0.25) is 0 Å². The fourth-order valence-electron chi connectivity index (χ4n) is 1.60. The van der Waals surface area contributed by atoms with E-state index in [2.05, 4.69) is 21.2 Å². The summed E-state index contributed by atoms with van der Waals surface area (Å²) in [5.41, 5.74) is 1.29. The third-order valence-corrected chi connectivity index (χ3v) is 3.89. The first-order valence-corrected chi connectivity index (χ1v) is 7.26. The Morgan fingerprint density at radius 2 is 1.68 bits per heavy atom. The van der Waals surface area contributed by atoms with Gasteiger partial charge < -0.3 is 10.4 Å².